The zero-order chi connectivity index (χ0) is 13.7. The molecular weight excluding hydrogens is 236 g/mol. The molecule has 1 aromatic rings. The first kappa shape index (κ1) is 14.1. The average Bonchev–Trinajstić information content (AvgIpc) is 2.45. The van der Waals surface area contributed by atoms with Gasteiger partial charge >= 0.3 is 0 Å². The van der Waals surface area contributed by atoms with Gasteiger partial charge in [-0.2, -0.15) is 0 Å². The van der Waals surface area contributed by atoms with Crippen LogP contribution < -0.4 is 10.2 Å². The monoisotopic (exact) mass is 262 g/mol. The highest BCUT2D eigenvalue weighted by molar-refractivity contribution is 5.48. The molecule has 4 heteroatoms. The molecule has 1 aromatic heterocycles. The van der Waals surface area contributed by atoms with Crippen LogP contribution in [0.4, 0.5) is 11.6 Å². The van der Waals surface area contributed by atoms with E-state index in [0.717, 1.165) is 49.5 Å². The van der Waals surface area contributed by atoms with Crippen molar-refractivity contribution >= 4 is 11.6 Å². The Balaban J connectivity index is 1.95. The number of hydrogen-bond acceptors (Lipinski definition) is 4. The van der Waals surface area contributed by atoms with E-state index in [-0.39, 0.29) is 0 Å². The Bertz CT molecular complexity index is 383. The maximum atomic E-state index is 4.42. The molecule has 19 heavy (non-hydrogen) atoms. The lowest BCUT2D eigenvalue weighted by atomic mass is 9.87. The molecule has 106 valence electrons. The fraction of sp³-hybridized carbons (Fsp3) is 0.733. The minimum atomic E-state index is 0.800. The van der Waals surface area contributed by atoms with Crippen LogP contribution >= 0.6 is 0 Å². The molecule has 1 aliphatic rings. The van der Waals surface area contributed by atoms with Crippen molar-refractivity contribution in [2.45, 2.75) is 40.0 Å². The molecule has 1 fully saturated rings. The van der Waals surface area contributed by atoms with Crippen molar-refractivity contribution in [3.05, 3.63) is 12.4 Å². The van der Waals surface area contributed by atoms with Crippen molar-refractivity contribution in [3.63, 3.8) is 0 Å². The number of piperidine rings is 1. The molecule has 0 amide bonds. The molecule has 0 unspecified atom stereocenters. The van der Waals surface area contributed by atoms with Gasteiger partial charge in [0.1, 0.15) is 18.0 Å². The average molecular weight is 262 g/mol. The predicted octanol–water partition coefficient (Wildman–Crippen LogP) is 3.17. The maximum absolute atomic E-state index is 4.42. The third-order valence-electron chi connectivity index (χ3n) is 4.02. The highest BCUT2D eigenvalue weighted by atomic mass is 15.2. The Labute approximate surface area is 116 Å². The third kappa shape index (κ3) is 3.82. The summed E-state index contributed by atoms with van der Waals surface area (Å²) in [7, 11) is 0. The Hall–Kier alpha value is -1.32. The van der Waals surface area contributed by atoms with E-state index in [1.807, 2.05) is 0 Å². The second-order valence-electron chi connectivity index (χ2n) is 5.76. The highest BCUT2D eigenvalue weighted by Gasteiger charge is 2.22. The maximum Gasteiger partial charge on any atom is 0.134 e. The van der Waals surface area contributed by atoms with E-state index in [1.54, 1.807) is 6.33 Å². The number of aromatic nitrogens is 2. The molecule has 0 bridgehead atoms. The van der Waals surface area contributed by atoms with Crippen molar-refractivity contribution in [2.24, 2.45) is 11.8 Å². The number of nitrogens with one attached hydrogen (secondary N) is 1. The molecule has 0 atom stereocenters. The second-order valence-corrected chi connectivity index (χ2v) is 5.76. The van der Waals surface area contributed by atoms with E-state index in [2.05, 4.69) is 47.0 Å². The van der Waals surface area contributed by atoms with E-state index < -0.39 is 0 Å². The molecule has 0 spiro atoms. The minimum Gasteiger partial charge on any atom is -0.370 e. The standard InChI is InChI=1S/C15H26N4/c1-4-7-16-14-10-15(18-11-17-14)19-8-5-13(6-9-19)12(2)3/h10-13H,4-9H2,1-3H3,(H,16,17,18). The van der Waals surface area contributed by atoms with Crippen LogP contribution in [0.5, 0.6) is 0 Å². The van der Waals surface area contributed by atoms with Gasteiger partial charge in [0.25, 0.3) is 0 Å². The lowest BCUT2D eigenvalue weighted by Crippen LogP contribution is -2.35. The van der Waals surface area contributed by atoms with Gasteiger partial charge in [-0.3, -0.25) is 0 Å². The summed E-state index contributed by atoms with van der Waals surface area (Å²) in [6, 6.07) is 2.07. The number of rotatable bonds is 5. The SMILES string of the molecule is CCCNc1cc(N2CCC(C(C)C)CC2)ncn1. The molecule has 0 saturated carbocycles. The van der Waals surface area contributed by atoms with Gasteiger partial charge < -0.3 is 10.2 Å². The summed E-state index contributed by atoms with van der Waals surface area (Å²) in [5.74, 6) is 3.68. The van der Waals surface area contributed by atoms with Gasteiger partial charge in [0, 0.05) is 25.7 Å². The summed E-state index contributed by atoms with van der Waals surface area (Å²) in [4.78, 5) is 11.1. The van der Waals surface area contributed by atoms with E-state index >= 15 is 0 Å². The summed E-state index contributed by atoms with van der Waals surface area (Å²) in [5.41, 5.74) is 0. The van der Waals surface area contributed by atoms with Crippen LogP contribution in [-0.2, 0) is 0 Å². The smallest absolute Gasteiger partial charge is 0.134 e. The summed E-state index contributed by atoms with van der Waals surface area (Å²) in [5, 5.41) is 3.32. The Morgan fingerprint density at radius 2 is 2.05 bits per heavy atom. The van der Waals surface area contributed by atoms with Gasteiger partial charge in [-0.1, -0.05) is 20.8 Å². The van der Waals surface area contributed by atoms with Gasteiger partial charge in [0.05, 0.1) is 0 Å². The van der Waals surface area contributed by atoms with Crippen molar-refractivity contribution in [2.75, 3.05) is 29.9 Å². The number of anilines is 2. The van der Waals surface area contributed by atoms with Crippen LogP contribution in [0.1, 0.15) is 40.0 Å². The molecular formula is C15H26N4. The summed E-state index contributed by atoms with van der Waals surface area (Å²) in [6.45, 7) is 10.0. The zero-order valence-electron chi connectivity index (χ0n) is 12.4. The molecule has 0 aromatic carbocycles. The van der Waals surface area contributed by atoms with Crippen molar-refractivity contribution in [1.82, 2.24) is 9.97 Å². The van der Waals surface area contributed by atoms with Crippen LogP contribution in [0.2, 0.25) is 0 Å². The fourth-order valence-electron chi connectivity index (χ4n) is 2.66. The zero-order valence-corrected chi connectivity index (χ0v) is 12.4. The molecule has 1 N–H and O–H groups in total. The minimum absolute atomic E-state index is 0.800. The Kier molecular flexibility index (Phi) is 5.00. The van der Waals surface area contributed by atoms with Crippen LogP contribution in [0.3, 0.4) is 0 Å². The van der Waals surface area contributed by atoms with Crippen molar-refractivity contribution < 1.29 is 0 Å². The van der Waals surface area contributed by atoms with E-state index in [0.29, 0.717) is 0 Å². The molecule has 2 heterocycles. The lowest BCUT2D eigenvalue weighted by Gasteiger charge is -2.34. The van der Waals surface area contributed by atoms with Crippen LogP contribution in [0, 0.1) is 11.8 Å². The van der Waals surface area contributed by atoms with Crippen LogP contribution in [0.25, 0.3) is 0 Å². The molecule has 4 nitrogen and oxygen atoms in total. The third-order valence-corrected chi connectivity index (χ3v) is 4.02. The summed E-state index contributed by atoms with van der Waals surface area (Å²) in [6.07, 6.45) is 5.33. The van der Waals surface area contributed by atoms with E-state index in [9.17, 15) is 0 Å². The van der Waals surface area contributed by atoms with E-state index in [4.69, 9.17) is 0 Å². The molecule has 1 aliphatic heterocycles. The largest absolute Gasteiger partial charge is 0.370 e. The molecule has 0 aliphatic carbocycles. The quantitative estimate of drug-likeness (QED) is 0.885. The number of nitrogens with zero attached hydrogens (tertiary/aromatic N) is 3. The van der Waals surface area contributed by atoms with Crippen molar-refractivity contribution in [3.8, 4) is 0 Å². The normalized spacial score (nSPS) is 16.9. The molecule has 2 rings (SSSR count). The first-order valence-corrected chi connectivity index (χ1v) is 7.51. The van der Waals surface area contributed by atoms with Gasteiger partial charge in [-0.25, -0.2) is 9.97 Å². The Morgan fingerprint density at radius 1 is 1.32 bits per heavy atom. The van der Waals surface area contributed by atoms with Gasteiger partial charge in [-0.15, -0.1) is 0 Å². The van der Waals surface area contributed by atoms with Gasteiger partial charge in [0.15, 0.2) is 0 Å². The lowest BCUT2D eigenvalue weighted by molar-refractivity contribution is 0.310. The van der Waals surface area contributed by atoms with Gasteiger partial charge in [0.2, 0.25) is 0 Å². The summed E-state index contributed by atoms with van der Waals surface area (Å²) < 4.78 is 0. The highest BCUT2D eigenvalue weighted by Crippen LogP contribution is 2.27. The molecule has 0 radical (unpaired) electrons. The second kappa shape index (κ2) is 6.73. The topological polar surface area (TPSA) is 41.0 Å². The van der Waals surface area contributed by atoms with Crippen molar-refractivity contribution in [1.29, 1.82) is 0 Å². The first-order valence-electron chi connectivity index (χ1n) is 7.51. The predicted molar refractivity (Wildman–Crippen MR) is 80.6 cm³/mol. The Morgan fingerprint density at radius 3 is 2.68 bits per heavy atom. The fourth-order valence-corrected chi connectivity index (χ4v) is 2.66. The first-order chi connectivity index (χ1) is 9.20. The van der Waals surface area contributed by atoms with E-state index in [1.165, 1.54) is 12.8 Å². The molecule has 1 saturated heterocycles. The van der Waals surface area contributed by atoms with Gasteiger partial charge in [-0.05, 0) is 31.1 Å². The van der Waals surface area contributed by atoms with Crippen LogP contribution in [0.15, 0.2) is 12.4 Å². The number of hydrogen-bond donors (Lipinski definition) is 1. The summed E-state index contributed by atoms with van der Waals surface area (Å²) >= 11 is 0. The van der Waals surface area contributed by atoms with Crippen LogP contribution in [-0.4, -0.2) is 29.6 Å².